The molecule has 0 bridgehead atoms. The maximum absolute atomic E-state index is 11.5. The van der Waals surface area contributed by atoms with Crippen molar-refractivity contribution in [2.24, 2.45) is 0 Å². The van der Waals surface area contributed by atoms with Gasteiger partial charge in [0.1, 0.15) is 11.3 Å². The summed E-state index contributed by atoms with van der Waals surface area (Å²) in [6, 6.07) is 0. The van der Waals surface area contributed by atoms with Gasteiger partial charge in [-0.05, 0) is 0 Å². The first kappa shape index (κ1) is 11.2. The number of nitrogens with zero attached hydrogens (tertiary/aromatic N) is 1. The van der Waals surface area contributed by atoms with E-state index in [1.165, 1.54) is 6.20 Å². The number of hydrogen-bond acceptors (Lipinski definition) is 4. The third-order valence-corrected chi connectivity index (χ3v) is 1.84. The number of rotatable bonds is 5. The topological polar surface area (TPSA) is 92.4 Å². The number of carbonyl (C=O) groups excluding carboxylic acids is 1. The molecule has 0 aliphatic heterocycles. The first-order valence-electron chi connectivity index (χ1n) is 4.58. The molecule has 6 nitrogen and oxygen atoms in total. The molecule has 82 valence electrons. The molecule has 0 saturated heterocycles. The lowest BCUT2D eigenvalue weighted by Crippen LogP contribution is -2.26. The highest BCUT2D eigenvalue weighted by Gasteiger charge is 2.14. The first-order chi connectivity index (χ1) is 7.15. The average molecular weight is 212 g/mol. The van der Waals surface area contributed by atoms with E-state index >= 15 is 0 Å². The van der Waals surface area contributed by atoms with Crippen LogP contribution < -0.4 is 5.32 Å². The molecule has 0 radical (unpaired) electrons. The van der Waals surface area contributed by atoms with Crippen LogP contribution in [-0.4, -0.2) is 28.7 Å². The molecule has 1 heterocycles. The van der Waals surface area contributed by atoms with Crippen molar-refractivity contribution in [1.82, 2.24) is 10.5 Å². The quantitative estimate of drug-likeness (QED) is 0.738. The van der Waals surface area contributed by atoms with Crippen molar-refractivity contribution in [3.8, 4) is 0 Å². The minimum Gasteiger partial charge on any atom is -0.481 e. The number of carboxylic acid groups (broad SMARTS) is 1. The summed E-state index contributed by atoms with van der Waals surface area (Å²) >= 11 is 0. The molecule has 0 aliphatic rings. The Morgan fingerprint density at radius 1 is 1.60 bits per heavy atom. The summed E-state index contributed by atoms with van der Waals surface area (Å²) in [6.45, 7) is 1.94. The fourth-order valence-electron chi connectivity index (χ4n) is 1.08. The summed E-state index contributed by atoms with van der Waals surface area (Å²) in [5.41, 5.74) is 0.364. The van der Waals surface area contributed by atoms with E-state index in [1.54, 1.807) is 0 Å². The van der Waals surface area contributed by atoms with Crippen molar-refractivity contribution in [3.05, 3.63) is 17.5 Å². The lowest BCUT2D eigenvalue weighted by molar-refractivity contribution is -0.136. The fraction of sp³-hybridized carbons (Fsp3) is 0.444. The second-order valence-corrected chi connectivity index (χ2v) is 2.92. The van der Waals surface area contributed by atoms with Crippen molar-refractivity contribution in [3.63, 3.8) is 0 Å². The Morgan fingerprint density at radius 3 is 2.93 bits per heavy atom. The number of nitrogens with one attached hydrogen (secondary N) is 1. The van der Waals surface area contributed by atoms with Crippen LogP contribution >= 0.6 is 0 Å². The Morgan fingerprint density at radius 2 is 2.33 bits per heavy atom. The molecular formula is C9H12N2O4. The Bertz CT molecular complexity index is 359. The summed E-state index contributed by atoms with van der Waals surface area (Å²) in [5.74, 6) is -0.798. The standard InChI is InChI=1S/C9H12N2O4/c1-2-7-6(5-11-15-7)9(14)10-4-3-8(12)13/h5H,2-4H2,1H3,(H,10,14)(H,12,13). The predicted octanol–water partition coefficient (Wildman–Crippen LogP) is 0.442. The number of aryl methyl sites for hydroxylation is 1. The number of carbonyl (C=O) groups is 2. The molecule has 6 heteroatoms. The SMILES string of the molecule is CCc1oncc1C(=O)NCCC(=O)O. The van der Waals surface area contributed by atoms with Gasteiger partial charge in [0.05, 0.1) is 12.6 Å². The third-order valence-electron chi connectivity index (χ3n) is 1.84. The minimum absolute atomic E-state index is 0.0987. The molecular weight excluding hydrogens is 200 g/mol. The van der Waals surface area contributed by atoms with Crippen molar-refractivity contribution in [2.75, 3.05) is 6.54 Å². The van der Waals surface area contributed by atoms with Crippen LogP contribution in [0.1, 0.15) is 29.5 Å². The minimum atomic E-state index is -0.948. The van der Waals surface area contributed by atoms with Crippen molar-refractivity contribution < 1.29 is 19.2 Å². The average Bonchev–Trinajstić information content (AvgIpc) is 2.64. The van der Waals surface area contributed by atoms with E-state index in [-0.39, 0.29) is 18.9 Å². The molecule has 0 saturated carbocycles. The molecule has 0 fully saturated rings. The van der Waals surface area contributed by atoms with Crippen LogP contribution in [0, 0.1) is 0 Å². The molecule has 2 N–H and O–H groups in total. The maximum atomic E-state index is 11.5. The molecule has 0 unspecified atom stereocenters. The number of aliphatic carboxylic acids is 1. The highest BCUT2D eigenvalue weighted by Crippen LogP contribution is 2.07. The van der Waals surface area contributed by atoms with E-state index in [1.807, 2.05) is 6.92 Å². The Balaban J connectivity index is 2.50. The van der Waals surface area contributed by atoms with Crippen LogP contribution in [0.2, 0.25) is 0 Å². The molecule has 0 aromatic carbocycles. The van der Waals surface area contributed by atoms with Gasteiger partial charge in [-0.2, -0.15) is 0 Å². The molecule has 1 rings (SSSR count). The fourth-order valence-corrected chi connectivity index (χ4v) is 1.08. The molecule has 1 amide bonds. The summed E-state index contributed by atoms with van der Waals surface area (Å²) in [5, 5.41) is 14.4. The lowest BCUT2D eigenvalue weighted by atomic mass is 10.2. The van der Waals surface area contributed by atoms with Crippen LogP contribution in [0.15, 0.2) is 10.7 Å². The monoisotopic (exact) mass is 212 g/mol. The van der Waals surface area contributed by atoms with Crippen molar-refractivity contribution in [2.45, 2.75) is 19.8 Å². The van der Waals surface area contributed by atoms with Crippen LogP contribution in [0.5, 0.6) is 0 Å². The maximum Gasteiger partial charge on any atom is 0.305 e. The normalized spacial score (nSPS) is 9.93. The van der Waals surface area contributed by atoms with E-state index in [0.29, 0.717) is 17.7 Å². The zero-order valence-electron chi connectivity index (χ0n) is 8.32. The second kappa shape index (κ2) is 5.14. The molecule has 0 aliphatic carbocycles. The number of hydrogen-bond donors (Lipinski definition) is 2. The molecule has 1 aromatic rings. The van der Waals surface area contributed by atoms with Crippen LogP contribution in [0.3, 0.4) is 0 Å². The zero-order valence-corrected chi connectivity index (χ0v) is 8.32. The van der Waals surface area contributed by atoms with E-state index < -0.39 is 5.97 Å². The Kier molecular flexibility index (Phi) is 3.84. The van der Waals surface area contributed by atoms with Gasteiger partial charge >= 0.3 is 5.97 Å². The van der Waals surface area contributed by atoms with Gasteiger partial charge in [0, 0.05) is 13.0 Å². The van der Waals surface area contributed by atoms with Gasteiger partial charge in [-0.1, -0.05) is 12.1 Å². The number of aromatic nitrogens is 1. The molecule has 0 spiro atoms. The second-order valence-electron chi connectivity index (χ2n) is 2.92. The van der Waals surface area contributed by atoms with Crippen LogP contribution in [0.4, 0.5) is 0 Å². The smallest absolute Gasteiger partial charge is 0.305 e. The summed E-state index contributed by atoms with van der Waals surface area (Å²) in [4.78, 5) is 21.7. The zero-order chi connectivity index (χ0) is 11.3. The van der Waals surface area contributed by atoms with Crippen LogP contribution in [-0.2, 0) is 11.2 Å². The van der Waals surface area contributed by atoms with E-state index in [0.717, 1.165) is 0 Å². The number of carboxylic acids is 1. The molecule has 1 aromatic heterocycles. The molecule has 15 heavy (non-hydrogen) atoms. The van der Waals surface area contributed by atoms with Crippen molar-refractivity contribution in [1.29, 1.82) is 0 Å². The van der Waals surface area contributed by atoms with Gasteiger partial charge in [0.2, 0.25) is 0 Å². The summed E-state index contributed by atoms with van der Waals surface area (Å²) in [7, 11) is 0. The largest absolute Gasteiger partial charge is 0.481 e. The molecule has 0 atom stereocenters. The van der Waals surface area contributed by atoms with Gasteiger partial charge in [-0.15, -0.1) is 0 Å². The van der Waals surface area contributed by atoms with Crippen LogP contribution in [0.25, 0.3) is 0 Å². The van der Waals surface area contributed by atoms with Gasteiger partial charge < -0.3 is 14.9 Å². The first-order valence-corrected chi connectivity index (χ1v) is 4.58. The van der Waals surface area contributed by atoms with Gasteiger partial charge in [0.15, 0.2) is 0 Å². The Hall–Kier alpha value is -1.85. The van der Waals surface area contributed by atoms with Gasteiger partial charge in [0.25, 0.3) is 5.91 Å². The Labute approximate surface area is 86.3 Å². The van der Waals surface area contributed by atoms with Gasteiger partial charge in [-0.25, -0.2) is 0 Å². The van der Waals surface area contributed by atoms with E-state index in [9.17, 15) is 9.59 Å². The highest BCUT2D eigenvalue weighted by molar-refractivity contribution is 5.94. The van der Waals surface area contributed by atoms with Gasteiger partial charge in [-0.3, -0.25) is 9.59 Å². The highest BCUT2D eigenvalue weighted by atomic mass is 16.5. The van der Waals surface area contributed by atoms with Crippen molar-refractivity contribution >= 4 is 11.9 Å². The lowest BCUT2D eigenvalue weighted by Gasteiger charge is -2.01. The summed E-state index contributed by atoms with van der Waals surface area (Å²) < 4.78 is 4.84. The summed E-state index contributed by atoms with van der Waals surface area (Å²) in [6.07, 6.45) is 1.80. The van der Waals surface area contributed by atoms with E-state index in [4.69, 9.17) is 9.63 Å². The predicted molar refractivity (Wildman–Crippen MR) is 50.5 cm³/mol. The third kappa shape index (κ3) is 3.08. The van der Waals surface area contributed by atoms with E-state index in [2.05, 4.69) is 10.5 Å². The number of amides is 1.